The van der Waals surface area contributed by atoms with Crippen LogP contribution in [0.25, 0.3) is 0 Å². The molecule has 2 unspecified atom stereocenters. The van der Waals surface area contributed by atoms with Gasteiger partial charge in [-0.05, 0) is 66.8 Å². The highest BCUT2D eigenvalue weighted by molar-refractivity contribution is 5.69. The summed E-state index contributed by atoms with van der Waals surface area (Å²) in [6, 6.07) is 15.7. The van der Waals surface area contributed by atoms with Gasteiger partial charge >= 0.3 is 12.1 Å². The molecule has 0 aromatic heterocycles. The van der Waals surface area contributed by atoms with Crippen molar-refractivity contribution in [3.63, 3.8) is 0 Å². The molecule has 11 heteroatoms. The average molecular weight is 616 g/mol. The predicted molar refractivity (Wildman–Crippen MR) is 155 cm³/mol. The standard InChI is InChI=1S/C33H34F5N3O3/c34-27-15-24(40-13-10-32(20-40)9-12-39(19-32)17-29(42)43)16-28(35)30(27)31-26-7-6-25(44-18-22-4-2-1-3-5-22)14-23(26)8-11-41(31)21-33(36,37)38/h1-7,14-16,31H,8-13,17-21H2,(H,42,43). The summed E-state index contributed by atoms with van der Waals surface area (Å²) >= 11 is 0. The van der Waals surface area contributed by atoms with Crippen LogP contribution in [0.5, 0.6) is 5.75 Å². The number of hydrogen-bond acceptors (Lipinski definition) is 5. The van der Waals surface area contributed by atoms with Gasteiger partial charge in [0.25, 0.3) is 0 Å². The van der Waals surface area contributed by atoms with E-state index in [9.17, 15) is 18.0 Å². The summed E-state index contributed by atoms with van der Waals surface area (Å²) in [6.45, 7) is 1.27. The quantitative estimate of drug-likeness (QED) is 0.312. The molecule has 3 aliphatic rings. The lowest BCUT2D eigenvalue weighted by atomic mass is 9.86. The third kappa shape index (κ3) is 6.53. The highest BCUT2D eigenvalue weighted by Crippen LogP contribution is 2.44. The smallest absolute Gasteiger partial charge is 0.401 e. The van der Waals surface area contributed by atoms with Gasteiger partial charge in [-0.2, -0.15) is 13.2 Å². The van der Waals surface area contributed by atoms with Crippen LogP contribution in [0.1, 0.15) is 41.1 Å². The second-order valence-corrected chi connectivity index (χ2v) is 12.2. The molecular formula is C33H34F5N3O3. The van der Waals surface area contributed by atoms with Crippen molar-refractivity contribution in [3.8, 4) is 5.75 Å². The Bertz CT molecular complexity index is 1500. The molecule has 2 fully saturated rings. The van der Waals surface area contributed by atoms with Crippen LogP contribution in [0.3, 0.4) is 0 Å². The number of likely N-dealkylation sites (tertiary alicyclic amines) is 1. The van der Waals surface area contributed by atoms with E-state index in [4.69, 9.17) is 9.84 Å². The van der Waals surface area contributed by atoms with Crippen LogP contribution in [0.2, 0.25) is 0 Å². The maximum Gasteiger partial charge on any atom is 0.401 e. The molecule has 0 saturated carbocycles. The molecular weight excluding hydrogens is 581 g/mol. The van der Waals surface area contributed by atoms with Crippen molar-refractivity contribution in [3.05, 3.63) is 94.6 Å². The Labute approximate surface area is 252 Å². The van der Waals surface area contributed by atoms with Crippen molar-refractivity contribution < 1.29 is 36.6 Å². The summed E-state index contributed by atoms with van der Waals surface area (Å²) < 4.78 is 78.7. The SMILES string of the molecule is O=C(O)CN1CCC2(CCN(c3cc(F)c(C4c5ccc(OCc6ccccc6)cc5CCN4CC(F)(F)F)c(F)c3)C2)C1. The van der Waals surface area contributed by atoms with Crippen LogP contribution in [0.15, 0.2) is 60.7 Å². The largest absolute Gasteiger partial charge is 0.489 e. The van der Waals surface area contributed by atoms with Gasteiger partial charge in [-0.15, -0.1) is 0 Å². The van der Waals surface area contributed by atoms with E-state index in [1.807, 2.05) is 40.1 Å². The first kappa shape index (κ1) is 30.3. The van der Waals surface area contributed by atoms with Gasteiger partial charge in [0.1, 0.15) is 24.0 Å². The van der Waals surface area contributed by atoms with E-state index in [-0.39, 0.29) is 24.9 Å². The Morgan fingerprint density at radius 3 is 2.39 bits per heavy atom. The van der Waals surface area contributed by atoms with Crippen LogP contribution in [0, 0.1) is 17.0 Å². The van der Waals surface area contributed by atoms with Gasteiger partial charge in [0.05, 0.1) is 19.1 Å². The lowest BCUT2D eigenvalue weighted by molar-refractivity contribution is -0.150. The van der Waals surface area contributed by atoms with Gasteiger partial charge in [-0.3, -0.25) is 14.6 Å². The second kappa shape index (κ2) is 12.0. The van der Waals surface area contributed by atoms with Gasteiger partial charge in [0.2, 0.25) is 0 Å². The number of nitrogens with zero attached hydrogens (tertiary/aromatic N) is 3. The highest BCUT2D eigenvalue weighted by atomic mass is 19.4. The molecule has 1 spiro atoms. The fourth-order valence-electron chi connectivity index (χ4n) is 7.08. The fraction of sp³-hybridized carbons (Fsp3) is 0.424. The number of carbonyl (C=O) groups is 1. The monoisotopic (exact) mass is 615 g/mol. The molecule has 0 amide bonds. The number of alkyl halides is 3. The number of carboxylic acid groups (broad SMARTS) is 1. The first-order valence-electron chi connectivity index (χ1n) is 14.8. The Hall–Kier alpha value is -3.70. The zero-order chi connectivity index (χ0) is 31.1. The molecule has 6 rings (SSSR count). The number of fused-ring (bicyclic) bond motifs is 1. The van der Waals surface area contributed by atoms with Gasteiger partial charge in [-0.25, -0.2) is 8.78 Å². The van der Waals surface area contributed by atoms with Gasteiger partial charge in [-0.1, -0.05) is 36.4 Å². The molecule has 6 nitrogen and oxygen atoms in total. The normalized spacial score (nSPS) is 22.5. The molecule has 0 radical (unpaired) electrons. The van der Waals surface area contributed by atoms with Crippen molar-refractivity contribution in [2.75, 3.05) is 50.7 Å². The molecule has 0 bridgehead atoms. The summed E-state index contributed by atoms with van der Waals surface area (Å²) in [7, 11) is 0. The number of rotatable bonds is 8. The van der Waals surface area contributed by atoms with E-state index in [0.29, 0.717) is 55.3 Å². The maximum absolute atomic E-state index is 15.9. The molecule has 0 aliphatic carbocycles. The number of benzene rings is 3. The lowest BCUT2D eigenvalue weighted by Gasteiger charge is -2.38. The van der Waals surface area contributed by atoms with E-state index in [1.54, 1.807) is 18.2 Å². The molecule has 44 heavy (non-hydrogen) atoms. The first-order valence-corrected chi connectivity index (χ1v) is 14.8. The lowest BCUT2D eigenvalue weighted by Crippen LogP contribution is -2.42. The van der Waals surface area contributed by atoms with E-state index in [1.165, 1.54) is 12.1 Å². The molecule has 3 heterocycles. The molecule has 2 atom stereocenters. The van der Waals surface area contributed by atoms with Gasteiger partial charge < -0.3 is 14.7 Å². The minimum Gasteiger partial charge on any atom is -0.489 e. The topological polar surface area (TPSA) is 56.3 Å². The third-order valence-electron chi connectivity index (χ3n) is 9.09. The zero-order valence-corrected chi connectivity index (χ0v) is 24.1. The van der Waals surface area contributed by atoms with Crippen LogP contribution in [-0.2, 0) is 17.8 Å². The van der Waals surface area contributed by atoms with E-state index in [2.05, 4.69) is 0 Å². The summed E-state index contributed by atoms with van der Waals surface area (Å²) in [5.41, 5.74) is 1.84. The molecule has 3 aromatic carbocycles. The minimum atomic E-state index is -4.55. The average Bonchev–Trinajstić information content (AvgIpc) is 3.57. The minimum absolute atomic E-state index is 0.0264. The number of halogens is 5. The Morgan fingerprint density at radius 1 is 0.955 bits per heavy atom. The Balaban J connectivity index is 1.26. The van der Waals surface area contributed by atoms with Crippen molar-refractivity contribution in [2.24, 2.45) is 5.41 Å². The van der Waals surface area contributed by atoms with Crippen LogP contribution >= 0.6 is 0 Å². The van der Waals surface area contributed by atoms with Crippen LogP contribution in [0.4, 0.5) is 27.6 Å². The predicted octanol–water partition coefficient (Wildman–Crippen LogP) is 6.04. The molecule has 3 aliphatic heterocycles. The summed E-state index contributed by atoms with van der Waals surface area (Å²) in [5.74, 6) is -2.15. The molecule has 2 saturated heterocycles. The number of hydrogen-bond donors (Lipinski definition) is 1. The number of carboxylic acids is 1. The molecule has 1 N–H and O–H groups in total. The summed E-state index contributed by atoms with van der Waals surface area (Å²) in [4.78, 5) is 16.0. The Morgan fingerprint density at radius 2 is 1.68 bits per heavy atom. The van der Waals surface area contributed by atoms with Crippen molar-refractivity contribution in [2.45, 2.75) is 38.1 Å². The number of anilines is 1. The van der Waals surface area contributed by atoms with E-state index < -0.39 is 41.9 Å². The van der Waals surface area contributed by atoms with Crippen LogP contribution < -0.4 is 9.64 Å². The van der Waals surface area contributed by atoms with Crippen molar-refractivity contribution in [1.29, 1.82) is 0 Å². The van der Waals surface area contributed by atoms with Gasteiger partial charge in [0.15, 0.2) is 0 Å². The fourth-order valence-corrected chi connectivity index (χ4v) is 7.08. The summed E-state index contributed by atoms with van der Waals surface area (Å²) in [6.07, 6.45) is -2.72. The number of ether oxygens (including phenoxy) is 1. The first-order chi connectivity index (χ1) is 21.0. The maximum atomic E-state index is 15.9. The van der Waals surface area contributed by atoms with E-state index in [0.717, 1.165) is 23.3 Å². The van der Waals surface area contributed by atoms with Crippen molar-refractivity contribution >= 4 is 11.7 Å². The summed E-state index contributed by atoms with van der Waals surface area (Å²) in [5, 5.41) is 9.15. The van der Waals surface area contributed by atoms with Gasteiger partial charge in [0, 0.05) is 42.8 Å². The van der Waals surface area contributed by atoms with Crippen LogP contribution in [-0.4, -0.2) is 72.9 Å². The number of aliphatic carboxylic acids is 1. The molecule has 3 aromatic rings. The van der Waals surface area contributed by atoms with Crippen molar-refractivity contribution in [1.82, 2.24) is 9.80 Å². The third-order valence-corrected chi connectivity index (χ3v) is 9.09. The molecule has 234 valence electrons. The zero-order valence-electron chi connectivity index (χ0n) is 24.1. The Kier molecular flexibility index (Phi) is 8.27. The van der Waals surface area contributed by atoms with E-state index >= 15 is 8.78 Å². The highest BCUT2D eigenvalue weighted by Gasteiger charge is 2.45. The second-order valence-electron chi connectivity index (χ2n) is 12.2.